The lowest BCUT2D eigenvalue weighted by atomic mass is 10.1. The summed E-state index contributed by atoms with van der Waals surface area (Å²) in [6.45, 7) is 7.39. The number of amides is 2. The van der Waals surface area contributed by atoms with Crippen molar-refractivity contribution in [3.05, 3.63) is 35.5 Å². The lowest BCUT2D eigenvalue weighted by Gasteiger charge is -2.29. The summed E-state index contributed by atoms with van der Waals surface area (Å²) in [4.78, 5) is 26.1. The summed E-state index contributed by atoms with van der Waals surface area (Å²) in [7, 11) is 0. The molecule has 8 nitrogen and oxygen atoms in total. The highest BCUT2D eigenvalue weighted by Crippen LogP contribution is 2.32. The van der Waals surface area contributed by atoms with Crippen molar-refractivity contribution in [2.45, 2.75) is 39.7 Å². The van der Waals surface area contributed by atoms with Crippen LogP contribution in [0.4, 0.5) is 5.69 Å². The molecule has 1 aromatic heterocycles. The van der Waals surface area contributed by atoms with Gasteiger partial charge in [-0.3, -0.25) is 14.5 Å². The number of nitrogens with zero attached hydrogens (tertiary/aromatic N) is 3. The van der Waals surface area contributed by atoms with Gasteiger partial charge < -0.3 is 14.5 Å². The Kier molecular flexibility index (Phi) is 4.92. The van der Waals surface area contributed by atoms with Crippen molar-refractivity contribution < 1.29 is 18.7 Å². The summed E-state index contributed by atoms with van der Waals surface area (Å²) >= 11 is 0. The van der Waals surface area contributed by atoms with Crippen LogP contribution in [0.3, 0.4) is 0 Å². The van der Waals surface area contributed by atoms with E-state index >= 15 is 0 Å². The quantitative estimate of drug-likeness (QED) is 0.879. The van der Waals surface area contributed by atoms with Crippen molar-refractivity contribution in [3.8, 4) is 5.75 Å². The first-order chi connectivity index (χ1) is 12.3. The Morgan fingerprint density at radius 3 is 2.69 bits per heavy atom. The molecule has 0 saturated carbocycles. The Balaban J connectivity index is 1.69. The monoisotopic (exact) mass is 358 g/mol. The summed E-state index contributed by atoms with van der Waals surface area (Å²) in [5.74, 6) is 0.995. The molecule has 138 valence electrons. The number of hydrogen-bond donors (Lipinski definition) is 1. The third kappa shape index (κ3) is 3.68. The minimum absolute atomic E-state index is 0.0830. The van der Waals surface area contributed by atoms with Crippen molar-refractivity contribution >= 4 is 17.5 Å². The highest BCUT2D eigenvalue weighted by Gasteiger charge is 2.28. The van der Waals surface area contributed by atoms with E-state index in [1.165, 1.54) is 4.90 Å². The Morgan fingerprint density at radius 2 is 2.00 bits per heavy atom. The van der Waals surface area contributed by atoms with E-state index in [1.54, 1.807) is 13.0 Å². The fourth-order valence-corrected chi connectivity index (χ4v) is 2.63. The van der Waals surface area contributed by atoms with Gasteiger partial charge in [-0.05, 0) is 31.5 Å². The molecule has 0 radical (unpaired) electrons. The molecule has 2 aromatic rings. The minimum Gasteiger partial charge on any atom is -0.482 e. The number of nitrogens with one attached hydrogen (secondary N) is 1. The van der Waals surface area contributed by atoms with Crippen molar-refractivity contribution in [1.29, 1.82) is 0 Å². The highest BCUT2D eigenvalue weighted by molar-refractivity contribution is 6.02. The van der Waals surface area contributed by atoms with Gasteiger partial charge in [-0.15, -0.1) is 10.2 Å². The molecule has 0 fully saturated rings. The van der Waals surface area contributed by atoms with E-state index in [9.17, 15) is 9.59 Å². The molecule has 0 unspecified atom stereocenters. The molecule has 1 aromatic carbocycles. The summed E-state index contributed by atoms with van der Waals surface area (Å²) in [6.07, 6.45) is 0. The zero-order valence-corrected chi connectivity index (χ0v) is 15.3. The van der Waals surface area contributed by atoms with Gasteiger partial charge in [-0.1, -0.05) is 19.9 Å². The van der Waals surface area contributed by atoms with Crippen LogP contribution in [0.15, 0.2) is 22.6 Å². The molecular formula is C18H22N4O4. The van der Waals surface area contributed by atoms with E-state index < -0.39 is 6.04 Å². The van der Waals surface area contributed by atoms with Gasteiger partial charge in [0.25, 0.3) is 5.91 Å². The number of aromatic nitrogens is 2. The number of ether oxygens (including phenoxy) is 1. The van der Waals surface area contributed by atoms with E-state index in [0.29, 0.717) is 23.2 Å². The number of benzene rings is 1. The number of carbonyl (C=O) groups is 2. The number of hydrogen-bond acceptors (Lipinski definition) is 6. The van der Waals surface area contributed by atoms with Crippen LogP contribution in [0.5, 0.6) is 5.75 Å². The van der Waals surface area contributed by atoms with Gasteiger partial charge in [0.1, 0.15) is 18.3 Å². The van der Waals surface area contributed by atoms with Crippen molar-refractivity contribution in [1.82, 2.24) is 15.5 Å². The van der Waals surface area contributed by atoms with Gasteiger partial charge in [0.15, 0.2) is 6.61 Å². The van der Waals surface area contributed by atoms with E-state index in [-0.39, 0.29) is 30.9 Å². The van der Waals surface area contributed by atoms with Crippen molar-refractivity contribution in [2.75, 3.05) is 18.1 Å². The normalized spacial score (nSPS) is 14.8. The predicted octanol–water partition coefficient (Wildman–Crippen LogP) is 2.10. The second-order valence-electron chi connectivity index (χ2n) is 6.66. The van der Waals surface area contributed by atoms with Crippen LogP contribution in [0.1, 0.15) is 50.1 Å². The van der Waals surface area contributed by atoms with Gasteiger partial charge in [0, 0.05) is 5.92 Å². The second kappa shape index (κ2) is 7.15. The lowest BCUT2D eigenvalue weighted by Crippen LogP contribution is -2.45. The van der Waals surface area contributed by atoms with Crippen molar-refractivity contribution in [2.24, 2.45) is 0 Å². The van der Waals surface area contributed by atoms with Crippen LogP contribution in [0, 0.1) is 6.92 Å². The third-order valence-corrected chi connectivity index (χ3v) is 4.06. The maximum absolute atomic E-state index is 12.4. The number of anilines is 1. The average molecular weight is 358 g/mol. The zero-order chi connectivity index (χ0) is 18.8. The van der Waals surface area contributed by atoms with Gasteiger partial charge in [0.2, 0.25) is 17.7 Å². The molecule has 26 heavy (non-hydrogen) atoms. The van der Waals surface area contributed by atoms with Crippen LogP contribution >= 0.6 is 0 Å². The zero-order valence-electron chi connectivity index (χ0n) is 15.3. The standard InChI is InChI=1S/C18H22N4O4/c1-10(2)17-20-21-18(26-17)12(4)19-15(23)8-22-13-7-11(3)5-6-14(13)25-9-16(22)24/h5-7,10,12H,8-9H2,1-4H3,(H,19,23)/t12-/m0/s1. The highest BCUT2D eigenvalue weighted by atomic mass is 16.5. The smallest absolute Gasteiger partial charge is 0.265 e. The second-order valence-corrected chi connectivity index (χ2v) is 6.66. The Bertz CT molecular complexity index is 830. The Morgan fingerprint density at radius 1 is 1.27 bits per heavy atom. The Hall–Kier alpha value is -2.90. The van der Waals surface area contributed by atoms with Gasteiger partial charge >= 0.3 is 0 Å². The Labute approximate surface area is 151 Å². The van der Waals surface area contributed by atoms with E-state index in [1.807, 2.05) is 32.9 Å². The predicted molar refractivity (Wildman–Crippen MR) is 94.0 cm³/mol. The van der Waals surface area contributed by atoms with E-state index in [0.717, 1.165) is 5.56 Å². The minimum atomic E-state index is -0.448. The maximum Gasteiger partial charge on any atom is 0.265 e. The fraction of sp³-hybridized carbons (Fsp3) is 0.444. The number of carbonyl (C=O) groups excluding carboxylic acids is 2. The van der Waals surface area contributed by atoms with Gasteiger partial charge in [0.05, 0.1) is 5.69 Å². The van der Waals surface area contributed by atoms with Crippen LogP contribution in [0.2, 0.25) is 0 Å². The molecule has 1 N–H and O–H groups in total. The molecule has 0 spiro atoms. The van der Waals surface area contributed by atoms with Crippen LogP contribution in [0.25, 0.3) is 0 Å². The summed E-state index contributed by atoms with van der Waals surface area (Å²) in [5.41, 5.74) is 1.58. The molecule has 0 bridgehead atoms. The van der Waals surface area contributed by atoms with Gasteiger partial charge in [-0.25, -0.2) is 0 Å². The average Bonchev–Trinajstić information content (AvgIpc) is 3.08. The summed E-state index contributed by atoms with van der Waals surface area (Å²) in [6, 6.07) is 5.08. The largest absolute Gasteiger partial charge is 0.482 e. The number of rotatable bonds is 5. The molecule has 2 amide bonds. The fourth-order valence-electron chi connectivity index (χ4n) is 2.63. The first-order valence-electron chi connectivity index (χ1n) is 8.51. The third-order valence-electron chi connectivity index (χ3n) is 4.06. The topological polar surface area (TPSA) is 97.6 Å². The SMILES string of the molecule is Cc1ccc2c(c1)N(CC(=O)N[C@@H](C)c1nnc(C(C)C)o1)C(=O)CO2. The number of fused-ring (bicyclic) bond motifs is 1. The molecule has 0 saturated heterocycles. The maximum atomic E-state index is 12.4. The van der Waals surface area contributed by atoms with E-state index in [4.69, 9.17) is 9.15 Å². The molecule has 2 heterocycles. The molecule has 0 aliphatic carbocycles. The van der Waals surface area contributed by atoms with Crippen LogP contribution < -0.4 is 15.0 Å². The molecule has 3 rings (SSSR count). The molecule has 1 aliphatic heterocycles. The van der Waals surface area contributed by atoms with E-state index in [2.05, 4.69) is 15.5 Å². The first kappa shape index (κ1) is 17.9. The summed E-state index contributed by atoms with van der Waals surface area (Å²) < 4.78 is 11.0. The van der Waals surface area contributed by atoms with Crippen LogP contribution in [-0.4, -0.2) is 35.2 Å². The van der Waals surface area contributed by atoms with Crippen LogP contribution in [-0.2, 0) is 9.59 Å². The number of aryl methyl sites for hydroxylation is 1. The lowest BCUT2D eigenvalue weighted by molar-refractivity contribution is -0.125. The molecular weight excluding hydrogens is 336 g/mol. The summed E-state index contributed by atoms with van der Waals surface area (Å²) in [5, 5.41) is 10.7. The molecule has 1 atom stereocenters. The first-order valence-corrected chi connectivity index (χ1v) is 8.51. The van der Waals surface area contributed by atoms with Crippen molar-refractivity contribution in [3.63, 3.8) is 0 Å². The van der Waals surface area contributed by atoms with Gasteiger partial charge in [-0.2, -0.15) is 0 Å². The molecule has 1 aliphatic rings. The molecule has 8 heteroatoms.